The van der Waals surface area contributed by atoms with E-state index in [-0.39, 0.29) is 12.0 Å². The molecule has 0 amide bonds. The Kier molecular flexibility index (Phi) is 4.08. The van der Waals surface area contributed by atoms with Gasteiger partial charge in [-0.2, -0.15) is 0 Å². The fraction of sp³-hybridized carbons (Fsp3) is 0.909. The first kappa shape index (κ1) is 12.4. The normalized spacial score (nSPS) is 41.3. The van der Waals surface area contributed by atoms with Gasteiger partial charge in [-0.3, -0.25) is 4.79 Å². The lowest BCUT2D eigenvalue weighted by atomic mass is 9.86. The van der Waals surface area contributed by atoms with Crippen LogP contribution in [-0.2, 0) is 14.3 Å². The Morgan fingerprint density at radius 3 is 2.47 bits per heavy atom. The van der Waals surface area contributed by atoms with Gasteiger partial charge in [-0.1, -0.05) is 20.8 Å². The molecular weight excluding hydrogens is 199 g/mol. The van der Waals surface area contributed by atoms with E-state index < -0.39 is 24.3 Å². The number of carbonyl (C=O) groups excluding carboxylic acids is 1. The minimum Gasteiger partial charge on any atom is -0.436 e. The summed E-state index contributed by atoms with van der Waals surface area (Å²) in [5, 5.41) is 0. The molecule has 1 aliphatic heterocycles. The summed E-state index contributed by atoms with van der Waals surface area (Å²) < 4.78 is 24.3. The van der Waals surface area contributed by atoms with Crippen LogP contribution in [0, 0.1) is 11.8 Å². The van der Waals surface area contributed by atoms with E-state index in [1.807, 2.05) is 13.8 Å². The van der Waals surface area contributed by atoms with Crippen molar-refractivity contribution in [3.05, 3.63) is 0 Å². The number of esters is 1. The van der Waals surface area contributed by atoms with E-state index in [4.69, 9.17) is 9.47 Å². The third-order valence-corrected chi connectivity index (χ3v) is 3.01. The van der Waals surface area contributed by atoms with Gasteiger partial charge in [-0.15, -0.1) is 0 Å². The van der Waals surface area contributed by atoms with Crippen molar-refractivity contribution in [3.63, 3.8) is 0 Å². The van der Waals surface area contributed by atoms with Crippen LogP contribution >= 0.6 is 0 Å². The second-order valence-electron chi connectivity index (χ2n) is 4.22. The van der Waals surface area contributed by atoms with Gasteiger partial charge in [-0.25, -0.2) is 4.39 Å². The van der Waals surface area contributed by atoms with Crippen LogP contribution in [0.5, 0.6) is 0 Å². The highest BCUT2D eigenvalue weighted by molar-refractivity contribution is 5.66. The first-order chi connectivity index (χ1) is 6.97. The highest BCUT2D eigenvalue weighted by Gasteiger charge is 2.42. The molecule has 0 aliphatic carbocycles. The Hall–Kier alpha value is -0.640. The van der Waals surface area contributed by atoms with Crippen LogP contribution in [0.1, 0.15) is 34.1 Å². The topological polar surface area (TPSA) is 35.5 Å². The molecule has 0 N–H and O–H groups in total. The molecule has 0 aromatic carbocycles. The zero-order valence-electron chi connectivity index (χ0n) is 9.70. The lowest BCUT2D eigenvalue weighted by Gasteiger charge is -2.40. The van der Waals surface area contributed by atoms with Crippen LogP contribution < -0.4 is 0 Å². The summed E-state index contributed by atoms with van der Waals surface area (Å²) in [5.74, 6) is -0.966. The minimum atomic E-state index is -0.979. The molecule has 88 valence electrons. The molecule has 1 saturated heterocycles. The summed E-state index contributed by atoms with van der Waals surface area (Å²) in [4.78, 5) is 10.8. The van der Waals surface area contributed by atoms with Gasteiger partial charge in [0.15, 0.2) is 0 Å². The highest BCUT2D eigenvalue weighted by atomic mass is 19.1. The molecule has 0 aromatic heterocycles. The van der Waals surface area contributed by atoms with Crippen LogP contribution in [-0.4, -0.2) is 24.5 Å². The molecule has 1 unspecified atom stereocenters. The molecule has 1 aliphatic rings. The van der Waals surface area contributed by atoms with Crippen LogP contribution in [0.3, 0.4) is 0 Å². The maximum Gasteiger partial charge on any atom is 0.304 e. The van der Waals surface area contributed by atoms with Crippen LogP contribution in [0.4, 0.5) is 4.39 Å². The third-order valence-electron chi connectivity index (χ3n) is 3.01. The summed E-state index contributed by atoms with van der Waals surface area (Å²) in [7, 11) is 0. The molecule has 0 aromatic rings. The Morgan fingerprint density at radius 1 is 1.40 bits per heavy atom. The van der Waals surface area contributed by atoms with E-state index in [1.54, 1.807) is 6.92 Å². The highest BCUT2D eigenvalue weighted by Crippen LogP contribution is 2.34. The van der Waals surface area contributed by atoms with E-state index in [2.05, 4.69) is 0 Å². The van der Waals surface area contributed by atoms with Gasteiger partial charge >= 0.3 is 5.97 Å². The molecule has 0 saturated carbocycles. The lowest BCUT2D eigenvalue weighted by molar-refractivity contribution is -0.244. The Morgan fingerprint density at radius 2 is 2.00 bits per heavy atom. The molecular formula is C11H19FO3. The second-order valence-corrected chi connectivity index (χ2v) is 4.22. The van der Waals surface area contributed by atoms with Crippen LogP contribution in [0.15, 0.2) is 0 Å². The average Bonchev–Trinajstić information content (AvgIpc) is 2.18. The molecule has 3 nitrogen and oxygen atoms in total. The number of alkyl halides is 1. The van der Waals surface area contributed by atoms with Crippen molar-refractivity contribution in [1.29, 1.82) is 0 Å². The molecule has 1 rings (SSSR count). The zero-order chi connectivity index (χ0) is 11.6. The Labute approximate surface area is 89.9 Å². The molecule has 4 heteroatoms. The van der Waals surface area contributed by atoms with Gasteiger partial charge in [0, 0.05) is 12.8 Å². The summed E-state index contributed by atoms with van der Waals surface area (Å²) in [6, 6.07) is 0. The van der Waals surface area contributed by atoms with Gasteiger partial charge in [0.2, 0.25) is 6.29 Å². The monoisotopic (exact) mass is 218 g/mol. The number of halogens is 1. The zero-order valence-corrected chi connectivity index (χ0v) is 9.70. The van der Waals surface area contributed by atoms with Gasteiger partial charge in [0.1, 0.15) is 6.17 Å². The van der Waals surface area contributed by atoms with Crippen molar-refractivity contribution >= 4 is 5.97 Å². The fourth-order valence-corrected chi connectivity index (χ4v) is 2.02. The van der Waals surface area contributed by atoms with Gasteiger partial charge < -0.3 is 9.47 Å². The molecule has 0 radical (unpaired) electrons. The predicted octanol–water partition coefficient (Wildman–Crippen LogP) is 2.29. The maximum atomic E-state index is 13.8. The van der Waals surface area contributed by atoms with Crippen molar-refractivity contribution in [2.24, 2.45) is 11.8 Å². The van der Waals surface area contributed by atoms with Crippen molar-refractivity contribution < 1.29 is 18.7 Å². The number of ether oxygens (including phenoxy) is 2. The van der Waals surface area contributed by atoms with Crippen molar-refractivity contribution in [2.75, 3.05) is 0 Å². The SMILES string of the molecule is CC[C@H]1OC(OC(C)=O)[C@H](C)[C@@H](F)[C@@H]1C. The van der Waals surface area contributed by atoms with Gasteiger partial charge in [0.25, 0.3) is 0 Å². The third kappa shape index (κ3) is 2.68. The maximum absolute atomic E-state index is 13.8. The molecule has 1 fully saturated rings. The Balaban J connectivity index is 2.69. The minimum absolute atomic E-state index is 0.142. The van der Waals surface area contributed by atoms with E-state index in [0.29, 0.717) is 0 Å². The smallest absolute Gasteiger partial charge is 0.304 e. The second kappa shape index (κ2) is 4.92. The van der Waals surface area contributed by atoms with Gasteiger partial charge in [0.05, 0.1) is 12.0 Å². The lowest BCUT2D eigenvalue weighted by Crippen LogP contribution is -2.48. The largest absolute Gasteiger partial charge is 0.436 e. The standard InChI is InChI=1S/C11H19FO3/c1-5-9-6(2)10(12)7(3)11(15-9)14-8(4)13/h6-7,9-11H,5H2,1-4H3/t6-,7-,9-,10+,11?/m1/s1. The summed E-state index contributed by atoms with van der Waals surface area (Å²) in [5.41, 5.74) is 0. The van der Waals surface area contributed by atoms with Crippen LogP contribution in [0.2, 0.25) is 0 Å². The molecule has 15 heavy (non-hydrogen) atoms. The molecule has 1 heterocycles. The number of hydrogen-bond acceptors (Lipinski definition) is 3. The van der Waals surface area contributed by atoms with Crippen LogP contribution in [0.25, 0.3) is 0 Å². The summed E-state index contributed by atoms with van der Waals surface area (Å²) in [6.45, 7) is 6.79. The summed E-state index contributed by atoms with van der Waals surface area (Å²) in [6.07, 6.45) is -1.15. The number of rotatable bonds is 2. The fourth-order valence-electron chi connectivity index (χ4n) is 2.02. The number of carbonyl (C=O) groups is 1. The van der Waals surface area contributed by atoms with Gasteiger partial charge in [-0.05, 0) is 6.42 Å². The van der Waals surface area contributed by atoms with E-state index in [9.17, 15) is 9.18 Å². The first-order valence-corrected chi connectivity index (χ1v) is 5.44. The molecule has 0 bridgehead atoms. The first-order valence-electron chi connectivity index (χ1n) is 5.44. The van der Waals surface area contributed by atoms with E-state index in [1.165, 1.54) is 6.92 Å². The van der Waals surface area contributed by atoms with E-state index >= 15 is 0 Å². The van der Waals surface area contributed by atoms with Crippen molar-refractivity contribution in [1.82, 2.24) is 0 Å². The van der Waals surface area contributed by atoms with Crippen molar-refractivity contribution in [2.45, 2.75) is 52.7 Å². The number of hydrogen-bond donors (Lipinski definition) is 0. The van der Waals surface area contributed by atoms with E-state index in [0.717, 1.165) is 6.42 Å². The predicted molar refractivity (Wildman–Crippen MR) is 53.9 cm³/mol. The molecule has 0 spiro atoms. The molecule has 5 atom stereocenters. The quantitative estimate of drug-likeness (QED) is 0.667. The summed E-state index contributed by atoms with van der Waals surface area (Å²) >= 11 is 0. The average molecular weight is 218 g/mol. The Bertz CT molecular complexity index is 230. The van der Waals surface area contributed by atoms with Crippen molar-refractivity contribution in [3.8, 4) is 0 Å².